The summed E-state index contributed by atoms with van der Waals surface area (Å²) in [6.45, 7) is 1.93. The monoisotopic (exact) mass is 381 g/mol. The molecule has 0 atom stereocenters. The number of benzene rings is 1. The maximum atomic E-state index is 12.2. The Morgan fingerprint density at radius 2 is 1.85 bits per heavy atom. The van der Waals surface area contributed by atoms with E-state index in [2.05, 4.69) is 20.6 Å². The van der Waals surface area contributed by atoms with E-state index in [1.54, 1.807) is 42.7 Å². The van der Waals surface area contributed by atoms with Crippen molar-refractivity contribution in [3.05, 3.63) is 66.1 Å². The Labute approximate surface area is 161 Å². The Hall–Kier alpha value is -3.13. The average molecular weight is 381 g/mol. The van der Waals surface area contributed by atoms with Crippen molar-refractivity contribution in [1.29, 1.82) is 0 Å². The number of carbonyl (C=O) groups excluding carboxylic acids is 2. The van der Waals surface area contributed by atoms with E-state index in [0.717, 1.165) is 10.7 Å². The van der Waals surface area contributed by atoms with E-state index in [4.69, 9.17) is 0 Å². The summed E-state index contributed by atoms with van der Waals surface area (Å²) in [5.74, 6) is 0.361. The molecule has 0 aliphatic heterocycles. The van der Waals surface area contributed by atoms with E-state index in [9.17, 15) is 9.59 Å². The number of hydrogen-bond acceptors (Lipinski definition) is 5. The van der Waals surface area contributed by atoms with Gasteiger partial charge in [0.2, 0.25) is 5.91 Å². The first-order valence-corrected chi connectivity index (χ1v) is 9.24. The standard InChI is InChI=1S/C19H19N5O2S/c1-13-3-8-16(21-11-13)23-18(26)14-4-6-15(7-5-14)22-17(25)12-27-19-20-9-10-24(19)2/h3-11H,12H2,1-2H3,(H,22,25)(H,21,23,26). The second-order valence-corrected chi connectivity index (χ2v) is 6.85. The Balaban J connectivity index is 1.53. The molecule has 2 aromatic heterocycles. The van der Waals surface area contributed by atoms with Gasteiger partial charge in [0.15, 0.2) is 5.16 Å². The number of thioether (sulfide) groups is 1. The molecule has 0 saturated heterocycles. The smallest absolute Gasteiger partial charge is 0.256 e. The van der Waals surface area contributed by atoms with Crippen LogP contribution in [0.3, 0.4) is 0 Å². The second kappa shape index (κ2) is 8.50. The second-order valence-electron chi connectivity index (χ2n) is 5.91. The van der Waals surface area contributed by atoms with Gasteiger partial charge in [0, 0.05) is 36.9 Å². The van der Waals surface area contributed by atoms with E-state index < -0.39 is 0 Å². The van der Waals surface area contributed by atoms with Gasteiger partial charge >= 0.3 is 0 Å². The first kappa shape index (κ1) is 18.7. The molecule has 0 fully saturated rings. The van der Waals surface area contributed by atoms with Crippen LogP contribution in [0.15, 0.2) is 60.1 Å². The summed E-state index contributed by atoms with van der Waals surface area (Å²) in [4.78, 5) is 32.6. The molecule has 0 aliphatic carbocycles. The van der Waals surface area contributed by atoms with Gasteiger partial charge in [-0.2, -0.15) is 0 Å². The van der Waals surface area contributed by atoms with Gasteiger partial charge in [-0.15, -0.1) is 0 Å². The summed E-state index contributed by atoms with van der Waals surface area (Å²) in [5.41, 5.74) is 2.14. The first-order chi connectivity index (χ1) is 13.0. The van der Waals surface area contributed by atoms with Gasteiger partial charge in [0.25, 0.3) is 5.91 Å². The van der Waals surface area contributed by atoms with Gasteiger partial charge in [-0.1, -0.05) is 17.8 Å². The first-order valence-electron chi connectivity index (χ1n) is 8.25. The van der Waals surface area contributed by atoms with Crippen molar-refractivity contribution in [2.75, 3.05) is 16.4 Å². The highest BCUT2D eigenvalue weighted by Gasteiger charge is 2.09. The molecule has 0 spiro atoms. The molecule has 27 heavy (non-hydrogen) atoms. The average Bonchev–Trinajstić information content (AvgIpc) is 3.07. The van der Waals surface area contributed by atoms with Gasteiger partial charge in [-0.05, 0) is 42.8 Å². The van der Waals surface area contributed by atoms with Crippen molar-refractivity contribution in [3.63, 3.8) is 0 Å². The van der Waals surface area contributed by atoms with Crippen LogP contribution < -0.4 is 10.6 Å². The van der Waals surface area contributed by atoms with Crippen LogP contribution in [0.2, 0.25) is 0 Å². The van der Waals surface area contributed by atoms with Crippen LogP contribution >= 0.6 is 11.8 Å². The Kier molecular flexibility index (Phi) is 5.87. The number of carbonyl (C=O) groups is 2. The lowest BCUT2D eigenvalue weighted by Crippen LogP contribution is -2.15. The number of hydrogen-bond donors (Lipinski definition) is 2. The molecule has 2 N–H and O–H groups in total. The lowest BCUT2D eigenvalue weighted by molar-refractivity contribution is -0.113. The molecule has 0 unspecified atom stereocenters. The number of aryl methyl sites for hydroxylation is 2. The molecule has 7 nitrogen and oxygen atoms in total. The van der Waals surface area contributed by atoms with Crippen LogP contribution in [0.25, 0.3) is 0 Å². The van der Waals surface area contributed by atoms with Crippen molar-refractivity contribution in [1.82, 2.24) is 14.5 Å². The molecule has 0 radical (unpaired) electrons. The zero-order valence-electron chi connectivity index (χ0n) is 15.0. The van der Waals surface area contributed by atoms with Crippen molar-refractivity contribution >= 4 is 35.1 Å². The Morgan fingerprint density at radius 1 is 1.07 bits per heavy atom. The lowest BCUT2D eigenvalue weighted by atomic mass is 10.2. The molecule has 2 amide bonds. The zero-order valence-corrected chi connectivity index (χ0v) is 15.8. The summed E-state index contributed by atoms with van der Waals surface area (Å²) in [6, 6.07) is 10.3. The van der Waals surface area contributed by atoms with E-state index in [0.29, 0.717) is 17.1 Å². The van der Waals surface area contributed by atoms with Gasteiger partial charge in [-0.25, -0.2) is 9.97 Å². The molecule has 0 aliphatic rings. The van der Waals surface area contributed by atoms with Crippen LogP contribution in [-0.2, 0) is 11.8 Å². The van der Waals surface area contributed by atoms with Gasteiger partial charge in [-0.3, -0.25) is 9.59 Å². The molecule has 3 rings (SSSR count). The Morgan fingerprint density at radius 3 is 2.48 bits per heavy atom. The Bertz CT molecular complexity index is 935. The molecule has 0 saturated carbocycles. The zero-order chi connectivity index (χ0) is 19.2. The van der Waals surface area contributed by atoms with Crippen LogP contribution in [0, 0.1) is 6.92 Å². The molecule has 3 aromatic rings. The minimum absolute atomic E-state index is 0.135. The van der Waals surface area contributed by atoms with Crippen LogP contribution in [-0.4, -0.2) is 32.1 Å². The maximum Gasteiger partial charge on any atom is 0.256 e. The highest BCUT2D eigenvalue weighted by molar-refractivity contribution is 7.99. The summed E-state index contributed by atoms with van der Waals surface area (Å²) >= 11 is 1.36. The van der Waals surface area contributed by atoms with Crippen LogP contribution in [0.4, 0.5) is 11.5 Å². The minimum Gasteiger partial charge on any atom is -0.329 e. The highest BCUT2D eigenvalue weighted by atomic mass is 32.2. The fourth-order valence-electron chi connectivity index (χ4n) is 2.25. The molecule has 1 aromatic carbocycles. The largest absolute Gasteiger partial charge is 0.329 e. The highest BCUT2D eigenvalue weighted by Crippen LogP contribution is 2.16. The van der Waals surface area contributed by atoms with Gasteiger partial charge < -0.3 is 15.2 Å². The minimum atomic E-state index is -0.255. The molecular weight excluding hydrogens is 362 g/mol. The van der Waals surface area contributed by atoms with Crippen LogP contribution in [0.5, 0.6) is 0 Å². The molecular formula is C19H19N5O2S. The number of aromatic nitrogens is 3. The number of anilines is 2. The fourth-order valence-corrected chi connectivity index (χ4v) is 2.99. The van der Waals surface area contributed by atoms with E-state index in [1.165, 1.54) is 11.8 Å². The topological polar surface area (TPSA) is 88.9 Å². The summed E-state index contributed by atoms with van der Waals surface area (Å²) in [6.07, 6.45) is 5.21. The third-order valence-electron chi connectivity index (χ3n) is 3.69. The predicted octanol–water partition coefficient (Wildman–Crippen LogP) is 3.11. The fraction of sp³-hybridized carbons (Fsp3) is 0.158. The van der Waals surface area contributed by atoms with Crippen molar-refractivity contribution in [2.45, 2.75) is 12.1 Å². The molecule has 2 heterocycles. The van der Waals surface area contributed by atoms with Crippen LogP contribution in [0.1, 0.15) is 15.9 Å². The summed E-state index contributed by atoms with van der Waals surface area (Å²) < 4.78 is 1.86. The van der Waals surface area contributed by atoms with E-state index >= 15 is 0 Å². The number of amides is 2. The third-order valence-corrected chi connectivity index (χ3v) is 4.75. The van der Waals surface area contributed by atoms with Gasteiger partial charge in [0.05, 0.1) is 5.75 Å². The predicted molar refractivity (Wildman–Crippen MR) is 106 cm³/mol. The summed E-state index contributed by atoms with van der Waals surface area (Å²) in [5, 5.41) is 6.32. The van der Waals surface area contributed by atoms with E-state index in [1.807, 2.05) is 30.8 Å². The van der Waals surface area contributed by atoms with Crippen molar-refractivity contribution in [3.8, 4) is 0 Å². The molecule has 8 heteroatoms. The quantitative estimate of drug-likeness (QED) is 0.641. The van der Waals surface area contributed by atoms with Crippen molar-refractivity contribution < 1.29 is 9.59 Å². The number of pyridine rings is 1. The van der Waals surface area contributed by atoms with Gasteiger partial charge in [0.1, 0.15) is 5.82 Å². The number of nitrogens with zero attached hydrogens (tertiary/aromatic N) is 3. The molecule has 138 valence electrons. The van der Waals surface area contributed by atoms with Crippen molar-refractivity contribution in [2.24, 2.45) is 7.05 Å². The third kappa shape index (κ3) is 5.18. The maximum absolute atomic E-state index is 12.2. The number of nitrogens with one attached hydrogen (secondary N) is 2. The summed E-state index contributed by atoms with van der Waals surface area (Å²) in [7, 11) is 1.88. The number of imidazole rings is 1. The SMILES string of the molecule is Cc1ccc(NC(=O)c2ccc(NC(=O)CSc3nccn3C)cc2)nc1. The van der Waals surface area contributed by atoms with E-state index in [-0.39, 0.29) is 17.6 Å². The molecule has 0 bridgehead atoms. The lowest BCUT2D eigenvalue weighted by Gasteiger charge is -2.07. The normalized spacial score (nSPS) is 10.4. The number of rotatable bonds is 6.